The van der Waals surface area contributed by atoms with Gasteiger partial charge >= 0.3 is 0 Å². The Bertz CT molecular complexity index is 842. The van der Waals surface area contributed by atoms with Gasteiger partial charge in [0.25, 0.3) is 0 Å². The summed E-state index contributed by atoms with van der Waals surface area (Å²) in [6.07, 6.45) is 6.34. The molecule has 3 rings (SSSR count). The fourth-order valence-corrected chi connectivity index (χ4v) is 4.24. The molecule has 2 aromatic rings. The molecule has 2 atom stereocenters. The lowest BCUT2D eigenvalue weighted by molar-refractivity contribution is -0.119. The number of hydrogen-bond acceptors (Lipinski definition) is 5. The van der Waals surface area contributed by atoms with E-state index in [-0.39, 0.29) is 30.1 Å². The molecule has 0 spiro atoms. The van der Waals surface area contributed by atoms with Gasteiger partial charge in [-0.3, -0.25) is 9.36 Å². The SMILES string of the molecule is C=CCn1c(COc2ccccc2F)nnc1SCC(=O)NC1CCCCC1C. The molecule has 0 aliphatic heterocycles. The Morgan fingerprint density at radius 1 is 1.38 bits per heavy atom. The van der Waals surface area contributed by atoms with Gasteiger partial charge in [-0.15, -0.1) is 16.8 Å². The second-order valence-corrected chi connectivity index (χ2v) is 8.18. The van der Waals surface area contributed by atoms with Crippen LogP contribution in [-0.4, -0.2) is 32.5 Å². The first-order valence-corrected chi connectivity index (χ1v) is 10.9. The summed E-state index contributed by atoms with van der Waals surface area (Å²) >= 11 is 1.33. The molecule has 0 bridgehead atoms. The van der Waals surface area contributed by atoms with Crippen LogP contribution < -0.4 is 10.1 Å². The molecule has 1 aromatic carbocycles. The number of para-hydroxylation sites is 1. The number of nitrogens with one attached hydrogen (secondary N) is 1. The molecule has 6 nitrogen and oxygen atoms in total. The van der Waals surface area contributed by atoms with Gasteiger partial charge < -0.3 is 10.1 Å². The van der Waals surface area contributed by atoms with Gasteiger partial charge in [-0.05, 0) is 30.9 Å². The average molecular weight is 419 g/mol. The Labute approximate surface area is 174 Å². The normalized spacial score (nSPS) is 19.0. The lowest BCUT2D eigenvalue weighted by Crippen LogP contribution is -2.41. The molecule has 1 fully saturated rings. The smallest absolute Gasteiger partial charge is 0.230 e. The Balaban J connectivity index is 1.58. The highest BCUT2D eigenvalue weighted by Crippen LogP contribution is 2.24. The number of thioether (sulfide) groups is 1. The fourth-order valence-electron chi connectivity index (χ4n) is 3.46. The molecule has 0 radical (unpaired) electrons. The number of halogens is 1. The van der Waals surface area contributed by atoms with Crippen LogP contribution in [-0.2, 0) is 17.9 Å². The molecule has 1 amide bonds. The van der Waals surface area contributed by atoms with Crippen LogP contribution in [0.1, 0.15) is 38.4 Å². The number of ether oxygens (including phenoxy) is 1. The maximum absolute atomic E-state index is 13.7. The first kappa shape index (κ1) is 21.4. The van der Waals surface area contributed by atoms with Crippen molar-refractivity contribution in [2.75, 3.05) is 5.75 Å². The third-order valence-corrected chi connectivity index (χ3v) is 6.06. The molecule has 1 N–H and O–H groups in total. The number of amides is 1. The summed E-state index contributed by atoms with van der Waals surface area (Å²) in [5.74, 6) is 1.08. The topological polar surface area (TPSA) is 69.0 Å². The summed E-state index contributed by atoms with van der Waals surface area (Å²) < 4.78 is 21.1. The molecule has 0 saturated heterocycles. The van der Waals surface area contributed by atoms with Gasteiger partial charge in [-0.25, -0.2) is 4.39 Å². The van der Waals surface area contributed by atoms with Crippen molar-refractivity contribution in [1.29, 1.82) is 0 Å². The molecular weight excluding hydrogens is 391 g/mol. The predicted molar refractivity (Wildman–Crippen MR) is 111 cm³/mol. The van der Waals surface area contributed by atoms with Gasteiger partial charge in [-0.2, -0.15) is 0 Å². The Morgan fingerprint density at radius 2 is 2.17 bits per heavy atom. The highest BCUT2D eigenvalue weighted by Gasteiger charge is 2.23. The number of nitrogens with zero attached hydrogens (tertiary/aromatic N) is 3. The number of allylic oxidation sites excluding steroid dienone is 1. The lowest BCUT2D eigenvalue weighted by Gasteiger charge is -2.29. The monoisotopic (exact) mass is 418 g/mol. The Kier molecular flexibility index (Phi) is 7.69. The summed E-state index contributed by atoms with van der Waals surface area (Å²) in [4.78, 5) is 12.4. The van der Waals surface area contributed by atoms with Gasteiger partial charge in [-0.1, -0.05) is 49.7 Å². The van der Waals surface area contributed by atoms with Crippen LogP contribution in [0.5, 0.6) is 5.75 Å². The van der Waals surface area contributed by atoms with E-state index in [1.54, 1.807) is 24.3 Å². The molecular formula is C21H27FN4O2S. The molecule has 1 aromatic heterocycles. The van der Waals surface area contributed by atoms with E-state index in [0.717, 1.165) is 12.8 Å². The van der Waals surface area contributed by atoms with E-state index in [9.17, 15) is 9.18 Å². The van der Waals surface area contributed by atoms with Crippen LogP contribution in [0, 0.1) is 11.7 Å². The lowest BCUT2D eigenvalue weighted by atomic mass is 9.86. The van der Waals surface area contributed by atoms with Crippen molar-refractivity contribution in [3.63, 3.8) is 0 Å². The van der Waals surface area contributed by atoms with E-state index >= 15 is 0 Å². The molecule has 8 heteroatoms. The molecule has 1 saturated carbocycles. The highest BCUT2D eigenvalue weighted by molar-refractivity contribution is 7.99. The van der Waals surface area contributed by atoms with Crippen LogP contribution in [0.25, 0.3) is 0 Å². The second kappa shape index (κ2) is 10.4. The van der Waals surface area contributed by atoms with E-state index in [1.807, 2.05) is 4.57 Å². The number of carbonyl (C=O) groups excluding carboxylic acids is 1. The molecule has 156 valence electrons. The molecule has 1 heterocycles. The van der Waals surface area contributed by atoms with Crippen LogP contribution >= 0.6 is 11.8 Å². The van der Waals surface area contributed by atoms with Crippen LogP contribution in [0.2, 0.25) is 0 Å². The second-order valence-electron chi connectivity index (χ2n) is 7.24. The van der Waals surface area contributed by atoms with Gasteiger partial charge in [0.15, 0.2) is 22.5 Å². The largest absolute Gasteiger partial charge is 0.483 e. The van der Waals surface area contributed by atoms with Crippen molar-refractivity contribution < 1.29 is 13.9 Å². The van der Waals surface area contributed by atoms with Gasteiger partial charge in [0, 0.05) is 12.6 Å². The highest BCUT2D eigenvalue weighted by atomic mass is 32.2. The summed E-state index contributed by atoms with van der Waals surface area (Å²) in [6, 6.07) is 6.48. The maximum Gasteiger partial charge on any atom is 0.230 e. The molecule has 1 aliphatic carbocycles. The average Bonchev–Trinajstić information content (AvgIpc) is 3.09. The summed E-state index contributed by atoms with van der Waals surface area (Å²) in [7, 11) is 0. The van der Waals surface area contributed by atoms with Crippen molar-refractivity contribution in [2.45, 2.75) is 57.0 Å². The van der Waals surface area contributed by atoms with Crippen molar-refractivity contribution in [3.05, 3.63) is 48.6 Å². The third kappa shape index (κ3) is 5.82. The minimum absolute atomic E-state index is 0.00561. The zero-order valence-corrected chi connectivity index (χ0v) is 17.5. The van der Waals surface area contributed by atoms with Gasteiger partial charge in [0.1, 0.15) is 6.61 Å². The van der Waals surface area contributed by atoms with Gasteiger partial charge in [0.2, 0.25) is 5.91 Å². The molecule has 2 unspecified atom stereocenters. The summed E-state index contributed by atoms with van der Waals surface area (Å²) in [5, 5.41) is 12.1. The first-order valence-electron chi connectivity index (χ1n) is 9.91. The number of aromatic nitrogens is 3. The van der Waals surface area contributed by atoms with E-state index in [4.69, 9.17) is 4.74 Å². The summed E-state index contributed by atoms with van der Waals surface area (Å²) in [5.41, 5.74) is 0. The first-order chi connectivity index (χ1) is 14.1. The molecule has 1 aliphatic rings. The van der Waals surface area contributed by atoms with Crippen LogP contribution in [0.3, 0.4) is 0 Å². The minimum Gasteiger partial charge on any atom is -0.483 e. The van der Waals surface area contributed by atoms with Crippen molar-refractivity contribution in [3.8, 4) is 5.75 Å². The predicted octanol–water partition coefficient (Wildman–Crippen LogP) is 3.97. The molecule has 29 heavy (non-hydrogen) atoms. The Hall–Kier alpha value is -2.35. The number of benzene rings is 1. The van der Waals surface area contributed by atoms with Crippen molar-refractivity contribution >= 4 is 17.7 Å². The van der Waals surface area contributed by atoms with E-state index in [2.05, 4.69) is 29.0 Å². The van der Waals surface area contributed by atoms with Crippen molar-refractivity contribution in [2.24, 2.45) is 5.92 Å². The zero-order chi connectivity index (χ0) is 20.6. The number of carbonyl (C=O) groups is 1. The summed E-state index contributed by atoms with van der Waals surface area (Å²) in [6.45, 7) is 6.52. The van der Waals surface area contributed by atoms with E-state index in [0.29, 0.717) is 23.4 Å². The quantitative estimate of drug-likeness (QED) is 0.493. The van der Waals surface area contributed by atoms with E-state index in [1.165, 1.54) is 30.7 Å². The number of rotatable bonds is 9. The van der Waals surface area contributed by atoms with Crippen LogP contribution in [0.4, 0.5) is 4.39 Å². The van der Waals surface area contributed by atoms with Crippen molar-refractivity contribution in [1.82, 2.24) is 20.1 Å². The van der Waals surface area contributed by atoms with E-state index < -0.39 is 5.82 Å². The third-order valence-electron chi connectivity index (χ3n) is 5.09. The standard InChI is InChI=1S/C21H27FN4O2S/c1-3-12-26-19(13-28-18-11-7-5-9-16(18)22)24-25-21(26)29-14-20(27)23-17-10-6-4-8-15(17)2/h3,5,7,9,11,15,17H,1,4,6,8,10,12-14H2,2H3,(H,23,27). The van der Waals surface area contributed by atoms with Crippen LogP contribution in [0.15, 0.2) is 42.1 Å². The number of hydrogen-bond donors (Lipinski definition) is 1. The zero-order valence-electron chi connectivity index (χ0n) is 16.6. The van der Waals surface area contributed by atoms with Gasteiger partial charge in [0.05, 0.1) is 5.75 Å². The fraction of sp³-hybridized carbons (Fsp3) is 0.476. The minimum atomic E-state index is -0.425. The Morgan fingerprint density at radius 3 is 2.93 bits per heavy atom. The maximum atomic E-state index is 13.7.